The van der Waals surface area contributed by atoms with Gasteiger partial charge in [0.1, 0.15) is 5.82 Å². The van der Waals surface area contributed by atoms with E-state index in [4.69, 9.17) is 0 Å². The number of carbonyl (C=O) groups excluding carboxylic acids is 3. The Kier molecular flexibility index (Phi) is 6.37. The number of carbonyl (C=O) groups is 3. The second-order valence-corrected chi connectivity index (χ2v) is 7.76. The Labute approximate surface area is 187 Å². The maximum atomic E-state index is 13.8. The number of nitrogens with zero attached hydrogens (tertiary/aromatic N) is 3. The van der Waals surface area contributed by atoms with Gasteiger partial charge >= 0.3 is 0 Å². The molecule has 2 heterocycles. The molecular formula is C23H17FN4O3S. The Morgan fingerprint density at radius 2 is 1.84 bits per heavy atom. The number of hydrogen-bond acceptors (Lipinski definition) is 6. The number of amides is 3. The molecule has 0 spiro atoms. The number of aromatic nitrogens is 2. The third-order valence-electron chi connectivity index (χ3n) is 4.57. The van der Waals surface area contributed by atoms with Crippen LogP contribution >= 0.6 is 11.8 Å². The van der Waals surface area contributed by atoms with Gasteiger partial charge in [-0.25, -0.2) is 9.37 Å². The molecule has 0 radical (unpaired) electrons. The number of benzene rings is 2. The van der Waals surface area contributed by atoms with Crippen LogP contribution < -0.4 is 5.32 Å². The summed E-state index contributed by atoms with van der Waals surface area (Å²) in [6.07, 6.45) is 5.76. The fourth-order valence-corrected chi connectivity index (χ4v) is 3.84. The van der Waals surface area contributed by atoms with Crippen molar-refractivity contribution >= 4 is 52.0 Å². The molecular weight excluding hydrogens is 431 g/mol. The zero-order valence-corrected chi connectivity index (χ0v) is 17.5. The van der Waals surface area contributed by atoms with E-state index in [0.29, 0.717) is 5.69 Å². The van der Waals surface area contributed by atoms with Gasteiger partial charge in [-0.1, -0.05) is 30.3 Å². The first-order valence-electron chi connectivity index (χ1n) is 9.69. The first kappa shape index (κ1) is 21.4. The standard InChI is InChI=1S/C23H17FN4O3S/c24-17-6-2-1-5-15(17)13-20-22(30)28(23(31)32-20)12-11-25-21(29)10-9-16-14-26-18-7-3-4-8-19(18)27-16/h1-10,13-14H,11-12H2,(H,25,29). The molecule has 1 saturated heterocycles. The minimum Gasteiger partial charge on any atom is -0.351 e. The molecule has 1 aliphatic rings. The van der Waals surface area contributed by atoms with Crippen LogP contribution in [0.2, 0.25) is 0 Å². The van der Waals surface area contributed by atoms with E-state index < -0.39 is 22.9 Å². The summed E-state index contributed by atoms with van der Waals surface area (Å²) in [5.41, 5.74) is 2.24. The highest BCUT2D eigenvalue weighted by atomic mass is 32.2. The van der Waals surface area contributed by atoms with Gasteiger partial charge in [-0.3, -0.25) is 24.3 Å². The Balaban J connectivity index is 1.32. The van der Waals surface area contributed by atoms with E-state index in [1.165, 1.54) is 30.4 Å². The monoisotopic (exact) mass is 448 g/mol. The van der Waals surface area contributed by atoms with Gasteiger partial charge in [0.25, 0.3) is 11.1 Å². The van der Waals surface area contributed by atoms with E-state index in [1.54, 1.807) is 18.3 Å². The summed E-state index contributed by atoms with van der Waals surface area (Å²) >= 11 is 0.743. The van der Waals surface area contributed by atoms with Gasteiger partial charge < -0.3 is 5.32 Å². The van der Waals surface area contributed by atoms with Gasteiger partial charge in [0.05, 0.1) is 27.8 Å². The second-order valence-electron chi connectivity index (χ2n) is 6.76. The lowest BCUT2D eigenvalue weighted by molar-refractivity contribution is -0.123. The van der Waals surface area contributed by atoms with Crippen LogP contribution in [-0.2, 0) is 9.59 Å². The molecule has 7 nitrogen and oxygen atoms in total. The van der Waals surface area contributed by atoms with Crippen LogP contribution in [0.5, 0.6) is 0 Å². The summed E-state index contributed by atoms with van der Waals surface area (Å²) in [5.74, 6) is -1.39. The summed E-state index contributed by atoms with van der Waals surface area (Å²) in [4.78, 5) is 46.5. The molecule has 0 atom stereocenters. The predicted octanol–water partition coefficient (Wildman–Crippen LogP) is 3.63. The van der Waals surface area contributed by atoms with E-state index in [-0.39, 0.29) is 23.6 Å². The van der Waals surface area contributed by atoms with Gasteiger partial charge in [0.15, 0.2) is 0 Å². The number of rotatable bonds is 6. The smallest absolute Gasteiger partial charge is 0.293 e. The predicted molar refractivity (Wildman–Crippen MR) is 121 cm³/mol. The van der Waals surface area contributed by atoms with Gasteiger partial charge in [-0.05, 0) is 42.1 Å². The fourth-order valence-electron chi connectivity index (χ4n) is 2.99. The van der Waals surface area contributed by atoms with Crippen molar-refractivity contribution in [3.05, 3.63) is 82.8 Å². The number of fused-ring (bicyclic) bond motifs is 1. The minimum atomic E-state index is -0.514. The van der Waals surface area contributed by atoms with Crippen LogP contribution in [-0.4, -0.2) is 45.0 Å². The lowest BCUT2D eigenvalue weighted by atomic mass is 10.2. The van der Waals surface area contributed by atoms with Crippen molar-refractivity contribution in [2.45, 2.75) is 0 Å². The van der Waals surface area contributed by atoms with Crippen LogP contribution in [0, 0.1) is 5.82 Å². The quantitative estimate of drug-likeness (QED) is 0.579. The third-order valence-corrected chi connectivity index (χ3v) is 5.48. The minimum absolute atomic E-state index is 0.00857. The zero-order valence-electron chi connectivity index (χ0n) is 16.7. The van der Waals surface area contributed by atoms with Crippen molar-refractivity contribution in [3.8, 4) is 0 Å². The SMILES string of the molecule is O=C(C=Cc1cnc2ccccc2n1)NCCN1C(=O)SC(=Cc2ccccc2F)C1=O. The molecule has 2 aromatic carbocycles. The number of nitrogens with one attached hydrogen (secondary N) is 1. The van der Waals surface area contributed by atoms with Gasteiger partial charge in [-0.2, -0.15) is 0 Å². The molecule has 160 valence electrons. The van der Waals surface area contributed by atoms with Gasteiger partial charge in [0.2, 0.25) is 5.91 Å². The fraction of sp³-hybridized carbons (Fsp3) is 0.0870. The highest BCUT2D eigenvalue weighted by Crippen LogP contribution is 2.32. The summed E-state index contributed by atoms with van der Waals surface area (Å²) in [5, 5.41) is 2.16. The number of halogens is 1. The molecule has 3 aromatic rings. The molecule has 32 heavy (non-hydrogen) atoms. The van der Waals surface area contributed by atoms with Crippen molar-refractivity contribution in [2.75, 3.05) is 13.1 Å². The van der Waals surface area contributed by atoms with Gasteiger partial charge in [0, 0.05) is 24.7 Å². The van der Waals surface area contributed by atoms with E-state index in [9.17, 15) is 18.8 Å². The first-order valence-corrected chi connectivity index (χ1v) is 10.5. The number of imide groups is 1. The van der Waals surface area contributed by atoms with Crippen molar-refractivity contribution < 1.29 is 18.8 Å². The van der Waals surface area contributed by atoms with E-state index in [0.717, 1.165) is 27.7 Å². The van der Waals surface area contributed by atoms with Crippen LogP contribution in [0.1, 0.15) is 11.3 Å². The van der Waals surface area contributed by atoms with E-state index >= 15 is 0 Å². The van der Waals surface area contributed by atoms with Crippen LogP contribution in [0.3, 0.4) is 0 Å². The number of thioether (sulfide) groups is 1. The van der Waals surface area contributed by atoms with Crippen LogP contribution in [0.15, 0.2) is 65.7 Å². The molecule has 1 aliphatic heterocycles. The largest absolute Gasteiger partial charge is 0.351 e. The van der Waals surface area contributed by atoms with Crippen LogP contribution in [0.25, 0.3) is 23.2 Å². The molecule has 1 fully saturated rings. The summed E-state index contributed by atoms with van der Waals surface area (Å²) in [6, 6.07) is 13.4. The average molecular weight is 448 g/mol. The summed E-state index contributed by atoms with van der Waals surface area (Å²) in [6.45, 7) is 0.0895. The molecule has 4 rings (SSSR count). The molecule has 9 heteroatoms. The van der Waals surface area contributed by atoms with Crippen LogP contribution in [0.4, 0.5) is 9.18 Å². The Morgan fingerprint density at radius 1 is 1.09 bits per heavy atom. The molecule has 0 bridgehead atoms. The van der Waals surface area contributed by atoms with Crippen molar-refractivity contribution in [1.82, 2.24) is 20.2 Å². The Morgan fingerprint density at radius 3 is 2.66 bits per heavy atom. The lowest BCUT2D eigenvalue weighted by Crippen LogP contribution is -2.36. The molecule has 0 saturated carbocycles. The Bertz CT molecular complexity index is 1270. The molecule has 1 aromatic heterocycles. The summed E-state index contributed by atoms with van der Waals surface area (Å²) < 4.78 is 13.8. The molecule has 0 aliphatic carbocycles. The second kappa shape index (κ2) is 9.52. The number of hydrogen-bond donors (Lipinski definition) is 1. The van der Waals surface area contributed by atoms with Crippen molar-refractivity contribution in [2.24, 2.45) is 0 Å². The maximum absolute atomic E-state index is 13.8. The Hall–Kier alpha value is -3.85. The third kappa shape index (κ3) is 4.89. The average Bonchev–Trinajstić information content (AvgIpc) is 3.06. The highest BCUT2D eigenvalue weighted by molar-refractivity contribution is 8.18. The maximum Gasteiger partial charge on any atom is 0.293 e. The molecule has 0 unspecified atom stereocenters. The lowest BCUT2D eigenvalue weighted by Gasteiger charge is -2.12. The van der Waals surface area contributed by atoms with Crippen molar-refractivity contribution in [3.63, 3.8) is 0 Å². The van der Waals surface area contributed by atoms with Gasteiger partial charge in [-0.15, -0.1) is 0 Å². The normalized spacial score (nSPS) is 15.3. The topological polar surface area (TPSA) is 92.3 Å². The zero-order chi connectivity index (χ0) is 22.5. The van der Waals surface area contributed by atoms with E-state index in [1.807, 2.05) is 24.3 Å². The number of para-hydroxylation sites is 2. The highest BCUT2D eigenvalue weighted by Gasteiger charge is 2.34. The molecule has 1 N–H and O–H groups in total. The molecule has 3 amide bonds. The van der Waals surface area contributed by atoms with Crippen molar-refractivity contribution in [1.29, 1.82) is 0 Å². The first-order chi connectivity index (χ1) is 15.5. The summed E-state index contributed by atoms with van der Waals surface area (Å²) in [7, 11) is 0. The van der Waals surface area contributed by atoms with E-state index in [2.05, 4.69) is 15.3 Å².